The van der Waals surface area contributed by atoms with Crippen molar-refractivity contribution in [3.05, 3.63) is 47.2 Å². The maximum Gasteiger partial charge on any atom is 0.221 e. The number of nitrogens with two attached hydrogens (primary N) is 1. The average molecular weight is 342 g/mol. The van der Waals surface area contributed by atoms with Gasteiger partial charge in [0.25, 0.3) is 0 Å². The molecule has 2 rings (SSSR count). The Bertz CT molecular complexity index is 659. The van der Waals surface area contributed by atoms with E-state index in [9.17, 15) is 0 Å². The number of nitrogens with one attached hydrogen (secondary N) is 2. The zero-order valence-corrected chi connectivity index (χ0v) is 15.9. The van der Waals surface area contributed by atoms with Crippen LogP contribution < -0.4 is 16.4 Å². The van der Waals surface area contributed by atoms with Crippen molar-refractivity contribution in [1.29, 1.82) is 0 Å². The zero-order chi connectivity index (χ0) is 18.3. The topological polar surface area (TPSA) is 75.9 Å². The number of rotatable bonds is 8. The molecule has 0 atom stereocenters. The maximum absolute atomic E-state index is 5.74. The summed E-state index contributed by atoms with van der Waals surface area (Å²) in [5.41, 5.74) is 9.47. The third kappa shape index (κ3) is 6.70. The lowest BCUT2D eigenvalue weighted by Crippen LogP contribution is -2.35. The summed E-state index contributed by atoms with van der Waals surface area (Å²) in [6, 6.07) is 8.70. The minimum absolute atomic E-state index is 0.124. The van der Waals surface area contributed by atoms with Crippen molar-refractivity contribution in [3.8, 4) is 0 Å². The van der Waals surface area contributed by atoms with Crippen LogP contribution in [0.15, 0.2) is 30.5 Å². The number of unbranched alkanes of at least 4 members (excludes halogenated alkanes) is 1. The number of hydrogen-bond donors (Lipinski definition) is 3. The van der Waals surface area contributed by atoms with E-state index in [1.54, 1.807) is 0 Å². The van der Waals surface area contributed by atoms with Crippen molar-refractivity contribution in [2.45, 2.75) is 59.0 Å². The predicted octanol–water partition coefficient (Wildman–Crippen LogP) is 3.75. The summed E-state index contributed by atoms with van der Waals surface area (Å²) >= 11 is 0. The lowest BCUT2D eigenvalue weighted by molar-refractivity contribution is 0.424. The highest BCUT2D eigenvalue weighted by atomic mass is 15.1. The molecular formula is C20H31N5. The summed E-state index contributed by atoms with van der Waals surface area (Å²) < 4.78 is 0. The molecule has 0 aliphatic rings. The van der Waals surface area contributed by atoms with Crippen molar-refractivity contribution in [1.82, 2.24) is 15.3 Å². The predicted molar refractivity (Wildman–Crippen MR) is 106 cm³/mol. The van der Waals surface area contributed by atoms with Crippen molar-refractivity contribution in [2.24, 2.45) is 0 Å². The first-order chi connectivity index (χ1) is 11.9. The van der Waals surface area contributed by atoms with Crippen LogP contribution in [0, 0.1) is 0 Å². The highest BCUT2D eigenvalue weighted by Crippen LogP contribution is 2.18. The van der Waals surface area contributed by atoms with E-state index in [-0.39, 0.29) is 5.54 Å². The summed E-state index contributed by atoms with van der Waals surface area (Å²) in [7, 11) is 0. The fourth-order valence-electron chi connectivity index (χ4n) is 2.45. The molecule has 0 amide bonds. The molecule has 0 bridgehead atoms. The molecule has 5 heteroatoms. The molecular weight excluding hydrogens is 310 g/mol. The normalized spacial score (nSPS) is 11.5. The lowest BCUT2D eigenvalue weighted by Gasteiger charge is -2.20. The van der Waals surface area contributed by atoms with Crippen molar-refractivity contribution in [3.63, 3.8) is 0 Å². The van der Waals surface area contributed by atoms with Crippen LogP contribution in [0.2, 0.25) is 0 Å². The van der Waals surface area contributed by atoms with E-state index >= 15 is 0 Å². The summed E-state index contributed by atoms with van der Waals surface area (Å²) in [4.78, 5) is 8.52. The van der Waals surface area contributed by atoms with Gasteiger partial charge in [-0.15, -0.1) is 0 Å². The monoisotopic (exact) mass is 341 g/mol. The Kier molecular flexibility index (Phi) is 6.76. The van der Waals surface area contributed by atoms with E-state index in [0.29, 0.717) is 5.95 Å². The Balaban J connectivity index is 2.03. The van der Waals surface area contributed by atoms with Crippen LogP contribution in [-0.2, 0) is 13.0 Å². The Morgan fingerprint density at radius 3 is 2.40 bits per heavy atom. The third-order valence-electron chi connectivity index (χ3n) is 3.95. The molecule has 0 aliphatic heterocycles. The van der Waals surface area contributed by atoms with Gasteiger partial charge in [-0.3, -0.25) is 0 Å². The summed E-state index contributed by atoms with van der Waals surface area (Å²) in [6.07, 6.45) is 4.87. The van der Waals surface area contributed by atoms with Gasteiger partial charge in [0, 0.05) is 36.8 Å². The van der Waals surface area contributed by atoms with E-state index in [1.807, 2.05) is 6.20 Å². The van der Waals surface area contributed by atoms with Gasteiger partial charge in [0.05, 0.1) is 0 Å². The fraction of sp³-hybridized carbons (Fsp3) is 0.500. The highest BCUT2D eigenvalue weighted by molar-refractivity contribution is 5.48. The van der Waals surface area contributed by atoms with Crippen molar-refractivity contribution >= 4 is 11.8 Å². The van der Waals surface area contributed by atoms with Crippen molar-refractivity contribution in [2.75, 3.05) is 17.6 Å². The van der Waals surface area contributed by atoms with Crippen LogP contribution in [-0.4, -0.2) is 22.1 Å². The highest BCUT2D eigenvalue weighted by Gasteiger charge is 2.09. The van der Waals surface area contributed by atoms with Crippen LogP contribution in [0.3, 0.4) is 0 Å². The molecule has 0 radical (unpaired) electrons. The SMILES string of the molecule is CCCCNc1nc(N)ncc1Cc1ccc(CNC(C)(C)C)cc1. The van der Waals surface area contributed by atoms with E-state index in [2.05, 4.69) is 72.6 Å². The number of hydrogen-bond acceptors (Lipinski definition) is 5. The molecule has 0 aliphatic carbocycles. The fourth-order valence-corrected chi connectivity index (χ4v) is 2.45. The standard InChI is InChI=1S/C20H31N5/c1-5-6-11-22-18-17(14-23-19(21)25-18)12-15-7-9-16(10-8-15)13-24-20(2,3)4/h7-10,14,24H,5-6,11-13H2,1-4H3,(H3,21,22,23,25). The molecule has 2 aromatic rings. The molecule has 4 N–H and O–H groups in total. The minimum atomic E-state index is 0.124. The van der Waals surface area contributed by atoms with Gasteiger partial charge in [-0.1, -0.05) is 37.6 Å². The van der Waals surface area contributed by atoms with Crippen LogP contribution in [0.1, 0.15) is 57.2 Å². The van der Waals surface area contributed by atoms with Gasteiger partial charge in [0.2, 0.25) is 5.95 Å². The Labute approximate surface area is 151 Å². The Morgan fingerprint density at radius 1 is 1.08 bits per heavy atom. The molecule has 0 saturated heterocycles. The smallest absolute Gasteiger partial charge is 0.221 e. The van der Waals surface area contributed by atoms with Gasteiger partial charge in [0.15, 0.2) is 0 Å². The van der Waals surface area contributed by atoms with Crippen LogP contribution in [0.4, 0.5) is 11.8 Å². The second-order valence-corrected chi connectivity index (χ2v) is 7.48. The quantitative estimate of drug-likeness (QED) is 0.638. The largest absolute Gasteiger partial charge is 0.370 e. The van der Waals surface area contributed by atoms with Crippen LogP contribution >= 0.6 is 0 Å². The number of benzene rings is 1. The van der Waals surface area contributed by atoms with Gasteiger partial charge < -0.3 is 16.4 Å². The van der Waals surface area contributed by atoms with Crippen LogP contribution in [0.25, 0.3) is 0 Å². The van der Waals surface area contributed by atoms with Gasteiger partial charge in [-0.05, 0) is 38.3 Å². The van der Waals surface area contributed by atoms with Crippen LogP contribution in [0.5, 0.6) is 0 Å². The van der Waals surface area contributed by atoms with E-state index in [1.165, 1.54) is 11.1 Å². The molecule has 136 valence electrons. The Hall–Kier alpha value is -2.14. The second kappa shape index (κ2) is 8.81. The van der Waals surface area contributed by atoms with E-state index in [4.69, 9.17) is 5.73 Å². The van der Waals surface area contributed by atoms with E-state index < -0.39 is 0 Å². The second-order valence-electron chi connectivity index (χ2n) is 7.48. The average Bonchev–Trinajstić information content (AvgIpc) is 2.56. The molecule has 1 aromatic carbocycles. The molecule has 0 spiro atoms. The van der Waals surface area contributed by atoms with Crippen molar-refractivity contribution < 1.29 is 0 Å². The molecule has 1 aromatic heterocycles. The summed E-state index contributed by atoms with van der Waals surface area (Å²) in [5.74, 6) is 1.16. The molecule has 0 saturated carbocycles. The van der Waals surface area contributed by atoms with Gasteiger partial charge >= 0.3 is 0 Å². The van der Waals surface area contributed by atoms with Gasteiger partial charge in [-0.25, -0.2) is 4.98 Å². The number of anilines is 2. The first kappa shape index (κ1) is 19.2. The summed E-state index contributed by atoms with van der Waals surface area (Å²) in [5, 5.41) is 6.89. The molecule has 5 nitrogen and oxygen atoms in total. The first-order valence-corrected chi connectivity index (χ1v) is 9.05. The number of nitrogen functional groups attached to an aromatic ring is 1. The molecule has 1 heterocycles. The van der Waals surface area contributed by atoms with E-state index in [0.717, 1.165) is 43.7 Å². The molecule has 25 heavy (non-hydrogen) atoms. The zero-order valence-electron chi connectivity index (χ0n) is 15.9. The van der Waals surface area contributed by atoms with Gasteiger partial charge in [0.1, 0.15) is 5.82 Å². The molecule has 0 fully saturated rings. The minimum Gasteiger partial charge on any atom is -0.370 e. The maximum atomic E-state index is 5.74. The number of aromatic nitrogens is 2. The molecule has 0 unspecified atom stereocenters. The number of nitrogens with zero attached hydrogens (tertiary/aromatic N) is 2. The van der Waals surface area contributed by atoms with Gasteiger partial charge in [-0.2, -0.15) is 4.98 Å². The third-order valence-corrected chi connectivity index (χ3v) is 3.95. The summed E-state index contributed by atoms with van der Waals surface area (Å²) in [6.45, 7) is 10.5. The first-order valence-electron chi connectivity index (χ1n) is 9.05. The Morgan fingerprint density at radius 2 is 1.76 bits per heavy atom. The lowest BCUT2D eigenvalue weighted by atomic mass is 10.0.